The Hall–Kier alpha value is -8.78. The smallest absolute Gasteiger partial charge is 0.0707 e. The average Bonchev–Trinajstić information content (AvgIpc) is 3.45. The first-order valence-electron chi connectivity index (χ1n) is 24.3. The fourth-order valence-electron chi connectivity index (χ4n) is 11.4. The summed E-state index contributed by atoms with van der Waals surface area (Å²) in [6.07, 6.45) is 0. The maximum Gasteiger partial charge on any atom is 0.0707 e. The summed E-state index contributed by atoms with van der Waals surface area (Å²) in [4.78, 5) is 2.42. The first-order chi connectivity index (χ1) is 34.6. The highest BCUT2D eigenvalue weighted by molar-refractivity contribution is 5.91. The zero-order chi connectivity index (χ0) is 46.9. The summed E-state index contributed by atoms with van der Waals surface area (Å²) in [7, 11) is 0. The number of nitrogens with zero attached hydrogens (tertiary/aromatic N) is 1. The summed E-state index contributed by atoms with van der Waals surface area (Å²) >= 11 is 0. The highest BCUT2D eigenvalue weighted by Gasteiger charge is 2.51. The first kappa shape index (κ1) is 42.6. The molecule has 0 N–H and O–H groups in total. The molecule has 70 heavy (non-hydrogen) atoms. The van der Waals surface area contributed by atoms with Crippen LogP contribution < -0.4 is 4.90 Å². The monoisotopic (exact) mass is 893 g/mol. The van der Waals surface area contributed by atoms with E-state index in [0.717, 1.165) is 28.2 Å². The number of benzene rings is 11. The van der Waals surface area contributed by atoms with Crippen LogP contribution in [0.5, 0.6) is 0 Å². The molecule has 12 rings (SSSR count). The van der Waals surface area contributed by atoms with E-state index in [4.69, 9.17) is 0 Å². The van der Waals surface area contributed by atoms with Crippen LogP contribution in [0.4, 0.5) is 17.1 Å². The van der Waals surface area contributed by atoms with Crippen LogP contribution in [-0.4, -0.2) is 0 Å². The third-order valence-electron chi connectivity index (χ3n) is 14.7. The Morgan fingerprint density at radius 3 is 1.10 bits per heavy atom. The van der Waals surface area contributed by atoms with Gasteiger partial charge in [0, 0.05) is 22.4 Å². The number of hydrogen-bond donors (Lipinski definition) is 0. The quantitative estimate of drug-likeness (QED) is 0.132. The highest BCUT2D eigenvalue weighted by Crippen LogP contribution is 2.59. The topological polar surface area (TPSA) is 3.24 Å². The van der Waals surface area contributed by atoms with Gasteiger partial charge >= 0.3 is 0 Å². The number of fused-ring (bicyclic) bond motifs is 2. The van der Waals surface area contributed by atoms with Gasteiger partial charge in [0.1, 0.15) is 0 Å². The lowest BCUT2D eigenvalue weighted by atomic mass is 9.52. The van der Waals surface area contributed by atoms with Gasteiger partial charge in [0.15, 0.2) is 0 Å². The molecule has 1 aliphatic rings. The van der Waals surface area contributed by atoms with Crippen molar-refractivity contribution in [1.82, 2.24) is 0 Å². The number of rotatable bonds is 10. The van der Waals surface area contributed by atoms with Gasteiger partial charge in [0.05, 0.1) is 11.1 Å². The predicted octanol–water partition coefficient (Wildman–Crippen LogP) is 17.9. The summed E-state index contributed by atoms with van der Waals surface area (Å²) in [6, 6.07) is 107. The summed E-state index contributed by atoms with van der Waals surface area (Å²) < 4.78 is 0. The lowest BCUT2D eigenvalue weighted by Gasteiger charge is -2.49. The van der Waals surface area contributed by atoms with Gasteiger partial charge in [-0.05, 0) is 121 Å². The zero-order valence-corrected chi connectivity index (χ0v) is 39.2. The van der Waals surface area contributed by atoms with Gasteiger partial charge in [-0.25, -0.2) is 0 Å². The van der Waals surface area contributed by atoms with Gasteiger partial charge in [0.25, 0.3) is 0 Å². The van der Waals surface area contributed by atoms with Crippen molar-refractivity contribution >= 4 is 17.1 Å². The Morgan fingerprint density at radius 2 is 0.600 bits per heavy atom. The molecule has 1 nitrogen and oxygen atoms in total. The normalized spacial score (nSPS) is 13.2. The second kappa shape index (κ2) is 18.0. The van der Waals surface area contributed by atoms with E-state index in [1.807, 2.05) is 0 Å². The third-order valence-corrected chi connectivity index (χ3v) is 14.7. The largest absolute Gasteiger partial charge is 0.310 e. The first-order valence-corrected chi connectivity index (χ1v) is 24.3. The molecule has 11 aromatic carbocycles. The molecular formula is C69H51N. The molecule has 0 radical (unpaired) electrons. The van der Waals surface area contributed by atoms with E-state index in [2.05, 4.69) is 303 Å². The van der Waals surface area contributed by atoms with Gasteiger partial charge in [-0.15, -0.1) is 0 Å². The zero-order valence-electron chi connectivity index (χ0n) is 39.2. The van der Waals surface area contributed by atoms with Gasteiger partial charge in [-0.1, -0.05) is 255 Å². The number of hydrogen-bond acceptors (Lipinski definition) is 1. The third kappa shape index (κ3) is 7.18. The van der Waals surface area contributed by atoms with Crippen molar-refractivity contribution in [3.8, 4) is 44.5 Å². The van der Waals surface area contributed by atoms with Crippen molar-refractivity contribution in [2.45, 2.75) is 17.8 Å². The Bertz CT molecular complexity index is 3480. The van der Waals surface area contributed by atoms with E-state index in [1.54, 1.807) is 0 Å². The molecule has 1 heteroatoms. The van der Waals surface area contributed by atoms with Crippen molar-refractivity contribution in [2.24, 2.45) is 0 Å². The van der Waals surface area contributed by atoms with Crippen molar-refractivity contribution in [2.75, 3.05) is 4.90 Å². The molecule has 0 unspecified atom stereocenters. The Morgan fingerprint density at radius 1 is 0.257 bits per heavy atom. The van der Waals surface area contributed by atoms with Crippen molar-refractivity contribution in [3.05, 3.63) is 330 Å². The molecule has 0 atom stereocenters. The van der Waals surface area contributed by atoms with Crippen LogP contribution in [0.2, 0.25) is 0 Å². The summed E-state index contributed by atoms with van der Waals surface area (Å²) in [5.74, 6) is 0. The Labute approximate surface area is 412 Å². The van der Waals surface area contributed by atoms with E-state index >= 15 is 0 Å². The Kier molecular flexibility index (Phi) is 11.0. The minimum absolute atomic E-state index is 0.493. The molecular weight excluding hydrogens is 843 g/mol. The predicted molar refractivity (Wildman–Crippen MR) is 293 cm³/mol. The minimum Gasteiger partial charge on any atom is -0.310 e. The maximum atomic E-state index is 2.45. The lowest BCUT2D eigenvalue weighted by Crippen LogP contribution is -2.43. The molecule has 332 valence electrons. The van der Waals surface area contributed by atoms with Crippen LogP contribution in [0, 0.1) is 0 Å². The van der Waals surface area contributed by atoms with Gasteiger partial charge in [0.2, 0.25) is 0 Å². The van der Waals surface area contributed by atoms with E-state index in [0.29, 0.717) is 0 Å². The van der Waals surface area contributed by atoms with E-state index in [-0.39, 0.29) is 0 Å². The fraction of sp³-hybridized carbons (Fsp3) is 0.0435. The van der Waals surface area contributed by atoms with Crippen LogP contribution in [0.1, 0.15) is 45.9 Å². The second-order valence-electron chi connectivity index (χ2n) is 18.5. The molecule has 0 saturated carbocycles. The molecule has 0 heterocycles. The lowest BCUT2D eigenvalue weighted by molar-refractivity contribution is 0.590. The van der Waals surface area contributed by atoms with Crippen LogP contribution in [-0.2, 0) is 10.8 Å². The van der Waals surface area contributed by atoms with Crippen molar-refractivity contribution in [3.63, 3.8) is 0 Å². The molecule has 0 bridgehead atoms. The van der Waals surface area contributed by atoms with E-state index in [1.165, 1.54) is 72.3 Å². The van der Waals surface area contributed by atoms with Crippen molar-refractivity contribution < 1.29 is 0 Å². The number of anilines is 3. The Balaban J connectivity index is 1.02. The fourth-order valence-corrected chi connectivity index (χ4v) is 11.4. The molecule has 0 aliphatic heterocycles. The van der Waals surface area contributed by atoms with Gasteiger partial charge < -0.3 is 4.90 Å². The molecule has 0 aromatic heterocycles. The summed E-state index contributed by atoms with van der Waals surface area (Å²) in [6.45, 7) is 2.45. The minimum atomic E-state index is -0.521. The molecule has 0 saturated heterocycles. The van der Waals surface area contributed by atoms with Crippen LogP contribution in [0.3, 0.4) is 0 Å². The highest BCUT2D eigenvalue weighted by atomic mass is 15.1. The molecule has 0 spiro atoms. The maximum absolute atomic E-state index is 2.45. The average molecular weight is 894 g/mol. The van der Waals surface area contributed by atoms with Crippen LogP contribution in [0.25, 0.3) is 44.5 Å². The van der Waals surface area contributed by atoms with Gasteiger partial charge in [-0.2, -0.15) is 0 Å². The second-order valence-corrected chi connectivity index (χ2v) is 18.5. The molecule has 0 amide bonds. The molecule has 11 aromatic rings. The van der Waals surface area contributed by atoms with Gasteiger partial charge in [-0.3, -0.25) is 0 Å². The van der Waals surface area contributed by atoms with Crippen LogP contribution in [0.15, 0.2) is 291 Å². The summed E-state index contributed by atoms with van der Waals surface area (Å²) in [5, 5.41) is 0. The molecule has 1 aliphatic carbocycles. The van der Waals surface area contributed by atoms with Crippen LogP contribution >= 0.6 is 0 Å². The standard InChI is InChI=1S/C69H51N/c1-68(63-35-19-21-37-65(63)69(56-29-13-5-14-30-56,57-31-15-6-16-32-57)66-38-22-20-36-64(66)68)62-34-18-17-33-60(62)54-41-46-59(47-42-54)70(58-44-39-52(40-45-58)50-23-7-2-8-24-50)67-48-43-55(51-25-9-3-10-26-51)49-61(67)53-27-11-4-12-28-53/h2-49H,1H3. The SMILES string of the molecule is CC1(c2ccccc2-c2ccc(N(c3ccc(-c4ccccc4)cc3)c3ccc(-c4ccccc4)cc3-c3ccccc3)cc2)c2ccccc2C(c2ccccc2)(c2ccccc2)c2ccccc21. The molecule has 0 fully saturated rings. The summed E-state index contributed by atoms with van der Waals surface area (Å²) in [5.41, 5.74) is 20.7. The van der Waals surface area contributed by atoms with E-state index in [9.17, 15) is 0 Å². The van der Waals surface area contributed by atoms with Crippen molar-refractivity contribution in [1.29, 1.82) is 0 Å². The van der Waals surface area contributed by atoms with E-state index < -0.39 is 10.8 Å².